The Morgan fingerprint density at radius 1 is 0.957 bits per heavy atom. The molecule has 0 radical (unpaired) electrons. The number of aliphatic hydroxyl groups excluding tert-OH is 1. The van der Waals surface area contributed by atoms with Gasteiger partial charge in [-0.25, -0.2) is 0 Å². The first-order valence-corrected chi connectivity index (χ1v) is 15.5. The van der Waals surface area contributed by atoms with Crippen LogP contribution in [0.2, 0.25) is 0 Å². The van der Waals surface area contributed by atoms with Crippen molar-refractivity contribution in [1.29, 1.82) is 0 Å². The first kappa shape index (κ1) is 32.9. The molecule has 10 nitrogen and oxygen atoms in total. The molecule has 0 saturated carbocycles. The molecule has 0 aliphatic rings. The zero-order valence-electron chi connectivity index (χ0n) is 26.1. The van der Waals surface area contributed by atoms with Crippen molar-refractivity contribution < 1.29 is 24.5 Å². The molecular formula is C37H38N4O6. The van der Waals surface area contributed by atoms with Crippen molar-refractivity contribution in [1.82, 2.24) is 10.3 Å². The highest BCUT2D eigenvalue weighted by Gasteiger charge is 2.15. The van der Waals surface area contributed by atoms with Gasteiger partial charge in [-0.1, -0.05) is 54.6 Å². The summed E-state index contributed by atoms with van der Waals surface area (Å²) in [5.74, 6) is 0.419. The number of aromatic hydroxyl groups is 1. The lowest BCUT2D eigenvalue weighted by Gasteiger charge is -2.17. The van der Waals surface area contributed by atoms with Crippen LogP contribution in [0.3, 0.4) is 0 Å². The fourth-order valence-corrected chi connectivity index (χ4v) is 5.54. The van der Waals surface area contributed by atoms with Crippen LogP contribution in [-0.2, 0) is 22.6 Å². The number of aromatic amines is 1. The van der Waals surface area contributed by atoms with Crippen molar-refractivity contribution >= 4 is 34.6 Å². The Kier molecular flexibility index (Phi) is 11.0. The normalized spacial score (nSPS) is 11.6. The van der Waals surface area contributed by atoms with E-state index in [1.165, 1.54) is 12.1 Å². The van der Waals surface area contributed by atoms with Gasteiger partial charge in [-0.3, -0.25) is 14.4 Å². The van der Waals surface area contributed by atoms with Crippen LogP contribution in [0.4, 0.5) is 11.4 Å². The number of hydrogen-bond acceptors (Lipinski definition) is 7. The molecule has 10 heteroatoms. The number of carbonyl (C=O) groups excluding carboxylic acids is 2. The molecule has 6 N–H and O–H groups in total. The van der Waals surface area contributed by atoms with Crippen LogP contribution in [0, 0.1) is 0 Å². The molecule has 1 atom stereocenters. The third-order valence-electron chi connectivity index (χ3n) is 7.85. The number of anilines is 2. The van der Waals surface area contributed by atoms with Gasteiger partial charge in [0.15, 0.2) is 0 Å². The van der Waals surface area contributed by atoms with E-state index in [2.05, 4.69) is 20.9 Å². The van der Waals surface area contributed by atoms with Crippen LogP contribution in [0.25, 0.3) is 22.0 Å². The first-order valence-electron chi connectivity index (χ1n) is 15.5. The van der Waals surface area contributed by atoms with Crippen LogP contribution < -0.4 is 26.2 Å². The summed E-state index contributed by atoms with van der Waals surface area (Å²) < 4.78 is 5.85. The number of amides is 2. The number of H-pyrrole nitrogens is 1. The standard InChI is InChI=1S/C37H38N4O6/c1-2-47-34-20-28(14-13-27(34)21-38-22-33(44)29-15-17-32(43)37-30(29)16-18-36(46)41-37)40-35(45)10-6-9-25-11-12-26(19-31(25)39-23-42)24-7-4-3-5-8-24/h3-5,7-8,11-20,23,33,38,43-44H,2,6,9-10,21-22H2,1H3,(H,39,42)(H,40,45)(H,41,46)/t33-/m1/s1. The maximum atomic E-state index is 12.8. The first-order chi connectivity index (χ1) is 22.9. The number of carbonyl (C=O) groups is 2. The van der Waals surface area contributed by atoms with Gasteiger partial charge in [-0.15, -0.1) is 0 Å². The van der Waals surface area contributed by atoms with Crippen molar-refractivity contribution in [3.8, 4) is 22.6 Å². The fourth-order valence-electron chi connectivity index (χ4n) is 5.54. The molecule has 5 rings (SSSR count). The quantitative estimate of drug-likeness (QED) is 0.0814. The summed E-state index contributed by atoms with van der Waals surface area (Å²) in [5.41, 5.74) is 5.72. The molecule has 0 bridgehead atoms. The number of fused-ring (bicyclic) bond motifs is 1. The maximum absolute atomic E-state index is 12.8. The highest BCUT2D eigenvalue weighted by molar-refractivity contribution is 5.91. The van der Waals surface area contributed by atoms with Gasteiger partial charge in [0.05, 0.1) is 18.2 Å². The van der Waals surface area contributed by atoms with Crippen molar-refractivity contribution in [3.05, 3.63) is 118 Å². The number of aryl methyl sites for hydroxylation is 1. The Morgan fingerprint density at radius 2 is 1.77 bits per heavy atom. The van der Waals surface area contributed by atoms with Crippen molar-refractivity contribution in [3.63, 3.8) is 0 Å². The van der Waals surface area contributed by atoms with Crippen molar-refractivity contribution in [2.45, 2.75) is 38.8 Å². The second kappa shape index (κ2) is 15.7. The summed E-state index contributed by atoms with van der Waals surface area (Å²) >= 11 is 0. The number of aliphatic hydroxyl groups is 1. The number of phenols is 1. The molecule has 5 aromatic rings. The van der Waals surface area contributed by atoms with Gasteiger partial charge >= 0.3 is 0 Å². The molecule has 242 valence electrons. The Balaban J connectivity index is 1.16. The zero-order chi connectivity index (χ0) is 33.2. The second-order valence-corrected chi connectivity index (χ2v) is 11.1. The van der Waals surface area contributed by atoms with E-state index in [1.54, 1.807) is 18.2 Å². The molecule has 0 fully saturated rings. The molecule has 0 spiro atoms. The highest BCUT2D eigenvalue weighted by Crippen LogP contribution is 2.30. The van der Waals surface area contributed by atoms with Gasteiger partial charge in [0, 0.05) is 54.0 Å². The van der Waals surface area contributed by atoms with E-state index in [0.717, 1.165) is 27.9 Å². The van der Waals surface area contributed by atoms with Crippen LogP contribution in [0.1, 0.15) is 42.6 Å². The van der Waals surface area contributed by atoms with E-state index < -0.39 is 6.10 Å². The number of ether oxygens (including phenoxy) is 1. The van der Waals surface area contributed by atoms with E-state index in [9.17, 15) is 24.6 Å². The summed E-state index contributed by atoms with van der Waals surface area (Å²) in [5, 5.41) is 30.6. The predicted octanol–water partition coefficient (Wildman–Crippen LogP) is 5.65. The van der Waals surface area contributed by atoms with Crippen LogP contribution >= 0.6 is 0 Å². The summed E-state index contributed by atoms with van der Waals surface area (Å²) in [4.78, 5) is 38.4. The molecule has 1 aromatic heterocycles. The van der Waals surface area contributed by atoms with Crippen LogP contribution in [0.15, 0.2) is 95.8 Å². The Bertz CT molecular complexity index is 1910. The lowest BCUT2D eigenvalue weighted by atomic mass is 9.99. The van der Waals surface area contributed by atoms with E-state index in [1.807, 2.05) is 67.6 Å². The molecule has 0 saturated heterocycles. The summed E-state index contributed by atoms with van der Waals surface area (Å²) in [6, 6.07) is 27.4. The minimum Gasteiger partial charge on any atom is -0.506 e. The monoisotopic (exact) mass is 634 g/mol. The summed E-state index contributed by atoms with van der Waals surface area (Å²) in [7, 11) is 0. The largest absolute Gasteiger partial charge is 0.506 e. The molecule has 0 aliphatic heterocycles. The zero-order valence-corrected chi connectivity index (χ0v) is 26.1. The van der Waals surface area contributed by atoms with Gasteiger partial charge in [0.25, 0.3) is 0 Å². The molecule has 2 amide bonds. The number of nitrogens with one attached hydrogen (secondary N) is 4. The molecule has 47 heavy (non-hydrogen) atoms. The lowest BCUT2D eigenvalue weighted by molar-refractivity contribution is -0.116. The molecule has 4 aromatic carbocycles. The average Bonchev–Trinajstić information content (AvgIpc) is 3.07. The number of phenolic OH excluding ortho intramolecular Hbond substituents is 1. The number of rotatable bonds is 15. The Morgan fingerprint density at radius 3 is 2.55 bits per heavy atom. The highest BCUT2D eigenvalue weighted by atomic mass is 16.5. The van der Waals surface area contributed by atoms with Gasteiger partial charge < -0.3 is 35.9 Å². The van der Waals surface area contributed by atoms with Gasteiger partial charge in [-0.05, 0) is 66.3 Å². The van der Waals surface area contributed by atoms with Gasteiger partial charge in [0.2, 0.25) is 17.9 Å². The molecular weight excluding hydrogens is 596 g/mol. The Hall–Kier alpha value is -5.45. The van der Waals surface area contributed by atoms with E-state index >= 15 is 0 Å². The fraction of sp³-hybridized carbons (Fsp3) is 0.216. The lowest BCUT2D eigenvalue weighted by Crippen LogP contribution is -2.22. The SMILES string of the molecule is CCOc1cc(NC(=O)CCCc2ccc(-c3ccccc3)cc2NC=O)ccc1CNC[C@@H](O)c1ccc(O)c2[nH]c(=O)ccc12. The Labute approximate surface area is 272 Å². The van der Waals surface area contributed by atoms with E-state index in [-0.39, 0.29) is 29.3 Å². The summed E-state index contributed by atoms with van der Waals surface area (Å²) in [6.45, 7) is 2.92. The van der Waals surface area contributed by atoms with Gasteiger partial charge in [-0.2, -0.15) is 0 Å². The number of aromatic nitrogens is 1. The maximum Gasteiger partial charge on any atom is 0.248 e. The minimum atomic E-state index is -0.898. The molecule has 0 unspecified atom stereocenters. The third kappa shape index (κ3) is 8.43. The topological polar surface area (TPSA) is 153 Å². The predicted molar refractivity (Wildman–Crippen MR) is 184 cm³/mol. The van der Waals surface area contributed by atoms with Crippen molar-refractivity contribution in [2.75, 3.05) is 23.8 Å². The number of hydrogen-bond donors (Lipinski definition) is 6. The number of pyridine rings is 1. The van der Waals surface area contributed by atoms with Crippen molar-refractivity contribution in [2.24, 2.45) is 0 Å². The smallest absolute Gasteiger partial charge is 0.248 e. The summed E-state index contributed by atoms with van der Waals surface area (Å²) in [6.07, 6.45) is 1.28. The van der Waals surface area contributed by atoms with E-state index in [4.69, 9.17) is 4.74 Å². The molecule has 0 aliphatic carbocycles. The number of benzene rings is 4. The van der Waals surface area contributed by atoms with Crippen LogP contribution in [0.5, 0.6) is 11.5 Å². The van der Waals surface area contributed by atoms with Gasteiger partial charge in [0.1, 0.15) is 11.5 Å². The molecule has 1 heterocycles. The third-order valence-corrected chi connectivity index (χ3v) is 7.85. The van der Waals surface area contributed by atoms with Crippen LogP contribution in [-0.4, -0.2) is 40.7 Å². The second-order valence-electron chi connectivity index (χ2n) is 11.1. The minimum absolute atomic E-state index is 0.0648. The van der Waals surface area contributed by atoms with E-state index in [0.29, 0.717) is 61.2 Å². The average molecular weight is 635 g/mol.